The highest BCUT2D eigenvalue weighted by Crippen LogP contribution is 2.16. The average Bonchev–Trinajstić information content (AvgIpc) is 2.53. The lowest BCUT2D eigenvalue weighted by molar-refractivity contribution is 0.0921. The lowest BCUT2D eigenvalue weighted by Crippen LogP contribution is -2.12. The van der Waals surface area contributed by atoms with Crippen LogP contribution in [0.3, 0.4) is 0 Å². The smallest absolute Gasteiger partial charge is 0.200 e. The van der Waals surface area contributed by atoms with Crippen molar-refractivity contribution in [3.05, 3.63) is 65.2 Å². The third-order valence-electron chi connectivity index (χ3n) is 3.51. The third-order valence-corrected chi connectivity index (χ3v) is 3.51. The van der Waals surface area contributed by atoms with Gasteiger partial charge >= 0.3 is 0 Å². The standard InChI is InChI=1S/C19H20O3/c1-13(2)15-7-9-16(10-8-15)19(21)12-22-18-6-4-5-17(11-18)14(3)20/h4-11,13H,12H2,1-3H3. The summed E-state index contributed by atoms with van der Waals surface area (Å²) in [5.74, 6) is 0.860. The Labute approximate surface area is 130 Å². The zero-order chi connectivity index (χ0) is 16.1. The Balaban J connectivity index is 2.00. The monoisotopic (exact) mass is 296 g/mol. The summed E-state index contributed by atoms with van der Waals surface area (Å²) in [6.45, 7) is 5.69. The lowest BCUT2D eigenvalue weighted by atomic mass is 10.0. The fourth-order valence-corrected chi connectivity index (χ4v) is 2.09. The molecule has 0 atom stereocenters. The first-order valence-corrected chi connectivity index (χ1v) is 7.34. The Morgan fingerprint density at radius 1 is 1.00 bits per heavy atom. The van der Waals surface area contributed by atoms with E-state index in [9.17, 15) is 9.59 Å². The molecule has 0 aliphatic carbocycles. The van der Waals surface area contributed by atoms with Gasteiger partial charge in [-0.3, -0.25) is 9.59 Å². The molecule has 0 amide bonds. The normalized spacial score (nSPS) is 10.5. The average molecular weight is 296 g/mol. The van der Waals surface area contributed by atoms with Crippen LogP contribution in [0, 0.1) is 0 Å². The minimum atomic E-state index is -0.0801. The van der Waals surface area contributed by atoms with E-state index in [0.29, 0.717) is 22.8 Å². The molecule has 0 bridgehead atoms. The number of carbonyl (C=O) groups excluding carboxylic acids is 2. The summed E-state index contributed by atoms with van der Waals surface area (Å²) >= 11 is 0. The molecule has 0 aromatic heterocycles. The van der Waals surface area contributed by atoms with Gasteiger partial charge in [0.15, 0.2) is 18.2 Å². The molecule has 0 heterocycles. The minimum absolute atomic E-state index is 0.0268. The summed E-state index contributed by atoms with van der Waals surface area (Å²) in [4.78, 5) is 23.4. The molecule has 3 heteroatoms. The van der Waals surface area contributed by atoms with E-state index >= 15 is 0 Å². The lowest BCUT2D eigenvalue weighted by Gasteiger charge is -2.08. The second kappa shape index (κ2) is 7.03. The van der Waals surface area contributed by atoms with Gasteiger partial charge in [0.05, 0.1) is 0 Å². The minimum Gasteiger partial charge on any atom is -0.485 e. The van der Waals surface area contributed by atoms with Gasteiger partial charge in [0, 0.05) is 11.1 Å². The molecule has 0 radical (unpaired) electrons. The summed E-state index contributed by atoms with van der Waals surface area (Å²) in [5, 5.41) is 0. The predicted octanol–water partition coefficient (Wildman–Crippen LogP) is 4.27. The van der Waals surface area contributed by atoms with Crippen molar-refractivity contribution in [2.24, 2.45) is 0 Å². The zero-order valence-corrected chi connectivity index (χ0v) is 13.1. The van der Waals surface area contributed by atoms with E-state index < -0.39 is 0 Å². The molecule has 3 nitrogen and oxygen atoms in total. The van der Waals surface area contributed by atoms with Crippen LogP contribution in [-0.4, -0.2) is 18.2 Å². The van der Waals surface area contributed by atoms with E-state index in [1.807, 2.05) is 24.3 Å². The predicted molar refractivity (Wildman–Crippen MR) is 86.8 cm³/mol. The van der Waals surface area contributed by atoms with Crippen LogP contribution in [0.2, 0.25) is 0 Å². The van der Waals surface area contributed by atoms with Crippen molar-refractivity contribution in [1.29, 1.82) is 0 Å². The highest BCUT2D eigenvalue weighted by atomic mass is 16.5. The SMILES string of the molecule is CC(=O)c1cccc(OCC(=O)c2ccc(C(C)C)cc2)c1. The molecule has 2 aromatic carbocycles. The quantitative estimate of drug-likeness (QED) is 0.747. The van der Waals surface area contributed by atoms with Crippen molar-refractivity contribution in [2.45, 2.75) is 26.7 Å². The Morgan fingerprint density at radius 3 is 2.27 bits per heavy atom. The summed E-state index contributed by atoms with van der Waals surface area (Å²) in [6.07, 6.45) is 0. The van der Waals surface area contributed by atoms with Gasteiger partial charge in [-0.2, -0.15) is 0 Å². The van der Waals surface area contributed by atoms with E-state index in [1.54, 1.807) is 24.3 Å². The molecule has 0 saturated carbocycles. The van der Waals surface area contributed by atoms with Crippen molar-refractivity contribution >= 4 is 11.6 Å². The molecule has 0 aliphatic rings. The number of carbonyl (C=O) groups is 2. The molecule has 2 rings (SSSR count). The van der Waals surface area contributed by atoms with Crippen LogP contribution in [0.15, 0.2) is 48.5 Å². The number of rotatable bonds is 6. The van der Waals surface area contributed by atoms with Gasteiger partial charge in [-0.25, -0.2) is 0 Å². The Hall–Kier alpha value is -2.42. The Morgan fingerprint density at radius 2 is 1.68 bits per heavy atom. The number of hydrogen-bond acceptors (Lipinski definition) is 3. The van der Waals surface area contributed by atoms with Crippen molar-refractivity contribution < 1.29 is 14.3 Å². The summed E-state index contributed by atoms with van der Waals surface area (Å²) in [6, 6.07) is 14.4. The van der Waals surface area contributed by atoms with Gasteiger partial charge in [0.25, 0.3) is 0 Å². The molecule has 2 aromatic rings. The van der Waals surface area contributed by atoms with Crippen LogP contribution >= 0.6 is 0 Å². The van der Waals surface area contributed by atoms with Crippen LogP contribution < -0.4 is 4.74 Å². The molecule has 114 valence electrons. The second-order valence-corrected chi connectivity index (χ2v) is 5.57. The molecule has 0 unspecified atom stereocenters. The van der Waals surface area contributed by atoms with Crippen molar-refractivity contribution in [2.75, 3.05) is 6.61 Å². The van der Waals surface area contributed by atoms with E-state index in [0.717, 1.165) is 0 Å². The van der Waals surface area contributed by atoms with Gasteiger partial charge in [-0.05, 0) is 30.5 Å². The van der Waals surface area contributed by atoms with Crippen LogP contribution in [-0.2, 0) is 0 Å². The number of ether oxygens (including phenoxy) is 1. The third kappa shape index (κ3) is 4.04. The van der Waals surface area contributed by atoms with E-state index in [2.05, 4.69) is 13.8 Å². The Kier molecular flexibility index (Phi) is 5.10. The van der Waals surface area contributed by atoms with Crippen LogP contribution in [0.25, 0.3) is 0 Å². The molecule has 0 N–H and O–H groups in total. The first-order chi connectivity index (χ1) is 10.5. The summed E-state index contributed by atoms with van der Waals surface area (Å²) in [5.41, 5.74) is 2.41. The molecule has 0 spiro atoms. The van der Waals surface area contributed by atoms with Gasteiger partial charge < -0.3 is 4.74 Å². The number of benzene rings is 2. The van der Waals surface area contributed by atoms with Crippen molar-refractivity contribution in [3.8, 4) is 5.75 Å². The van der Waals surface area contributed by atoms with Crippen molar-refractivity contribution in [3.63, 3.8) is 0 Å². The summed E-state index contributed by atoms with van der Waals surface area (Å²) in [7, 11) is 0. The highest BCUT2D eigenvalue weighted by molar-refractivity contribution is 5.97. The maximum atomic E-state index is 12.1. The zero-order valence-electron chi connectivity index (χ0n) is 13.1. The molecular formula is C19H20O3. The Bertz CT molecular complexity index is 669. The highest BCUT2D eigenvalue weighted by Gasteiger charge is 2.08. The van der Waals surface area contributed by atoms with Gasteiger partial charge in [0.1, 0.15) is 5.75 Å². The van der Waals surface area contributed by atoms with Gasteiger partial charge in [-0.1, -0.05) is 50.2 Å². The first kappa shape index (κ1) is 16.0. The summed E-state index contributed by atoms with van der Waals surface area (Å²) < 4.78 is 5.49. The second-order valence-electron chi connectivity index (χ2n) is 5.57. The fraction of sp³-hybridized carbons (Fsp3) is 0.263. The van der Waals surface area contributed by atoms with Crippen LogP contribution in [0.4, 0.5) is 0 Å². The fourth-order valence-electron chi connectivity index (χ4n) is 2.09. The molecular weight excluding hydrogens is 276 g/mol. The number of ketones is 2. The topological polar surface area (TPSA) is 43.4 Å². The van der Waals surface area contributed by atoms with E-state index in [1.165, 1.54) is 12.5 Å². The van der Waals surface area contributed by atoms with E-state index in [-0.39, 0.29) is 18.2 Å². The van der Waals surface area contributed by atoms with Crippen molar-refractivity contribution in [1.82, 2.24) is 0 Å². The van der Waals surface area contributed by atoms with Crippen LogP contribution in [0.5, 0.6) is 5.75 Å². The molecule has 0 aliphatic heterocycles. The molecule has 0 fully saturated rings. The van der Waals surface area contributed by atoms with Gasteiger partial charge in [-0.15, -0.1) is 0 Å². The molecule has 0 saturated heterocycles. The maximum Gasteiger partial charge on any atom is 0.200 e. The van der Waals surface area contributed by atoms with Gasteiger partial charge in [0.2, 0.25) is 0 Å². The molecule has 22 heavy (non-hydrogen) atoms. The largest absolute Gasteiger partial charge is 0.485 e. The number of hydrogen-bond donors (Lipinski definition) is 0. The maximum absolute atomic E-state index is 12.1. The first-order valence-electron chi connectivity index (χ1n) is 7.34. The van der Waals surface area contributed by atoms with Crippen LogP contribution in [0.1, 0.15) is 53.0 Å². The number of Topliss-reactive ketones (excluding diaryl/α,β-unsaturated/α-hetero) is 2. The van der Waals surface area contributed by atoms with E-state index in [4.69, 9.17) is 4.74 Å².